The van der Waals surface area contributed by atoms with Gasteiger partial charge in [0.25, 0.3) is 0 Å². The Bertz CT molecular complexity index is 256. The van der Waals surface area contributed by atoms with Crippen molar-refractivity contribution in [3.05, 3.63) is 0 Å². The van der Waals surface area contributed by atoms with Crippen molar-refractivity contribution < 1.29 is 14.3 Å². The molecule has 0 aromatic heterocycles. The van der Waals surface area contributed by atoms with Crippen LogP contribution in [0, 0.1) is 22.7 Å². The Morgan fingerprint density at radius 1 is 0.800 bits per heavy atom. The van der Waals surface area contributed by atoms with Crippen LogP contribution in [-0.2, 0) is 14.3 Å². The van der Waals surface area contributed by atoms with Crippen LogP contribution in [0.5, 0.6) is 0 Å². The summed E-state index contributed by atoms with van der Waals surface area (Å²) < 4.78 is 10.5. The first-order chi connectivity index (χ1) is 9.02. The average molecular weight is 286 g/mol. The molecule has 3 nitrogen and oxygen atoms in total. The molecule has 20 heavy (non-hydrogen) atoms. The van der Waals surface area contributed by atoms with E-state index in [2.05, 4.69) is 41.5 Å². The molecule has 0 aliphatic rings. The quantitative estimate of drug-likeness (QED) is 0.677. The molecule has 0 N–H and O–H groups in total. The van der Waals surface area contributed by atoms with E-state index < -0.39 is 0 Å². The van der Waals surface area contributed by atoms with E-state index in [9.17, 15) is 4.79 Å². The Morgan fingerprint density at radius 3 is 1.30 bits per heavy atom. The molecule has 120 valence electrons. The maximum absolute atomic E-state index is 12.4. The first-order valence-electron chi connectivity index (χ1n) is 7.52. The third-order valence-electron chi connectivity index (χ3n) is 4.13. The van der Waals surface area contributed by atoms with E-state index in [1.807, 2.05) is 0 Å². The van der Waals surface area contributed by atoms with Gasteiger partial charge in [0.2, 0.25) is 0 Å². The molecule has 0 rings (SSSR count). The molecule has 0 aromatic rings. The number of ether oxygens (including phenoxy) is 2. The fourth-order valence-corrected chi connectivity index (χ4v) is 2.27. The van der Waals surface area contributed by atoms with Crippen LogP contribution in [0.3, 0.4) is 0 Å². The molecule has 0 spiro atoms. The van der Waals surface area contributed by atoms with Crippen LogP contribution in [0.2, 0.25) is 0 Å². The zero-order valence-electron chi connectivity index (χ0n) is 14.7. The molecule has 2 atom stereocenters. The molecular formula is C17H34O3. The Hall–Kier alpha value is -0.410. The molecule has 0 saturated heterocycles. The van der Waals surface area contributed by atoms with Gasteiger partial charge in [-0.25, -0.2) is 0 Å². The van der Waals surface area contributed by atoms with Crippen molar-refractivity contribution >= 4 is 5.78 Å². The van der Waals surface area contributed by atoms with Gasteiger partial charge < -0.3 is 9.47 Å². The molecule has 0 heterocycles. The van der Waals surface area contributed by atoms with E-state index in [1.54, 1.807) is 14.2 Å². The zero-order chi connectivity index (χ0) is 16.0. The SMILES string of the molecule is COCC(CC(=O)CC(COC)C(C)(C)C)C(C)(C)C. The van der Waals surface area contributed by atoms with Gasteiger partial charge in [0.1, 0.15) is 5.78 Å². The lowest BCUT2D eigenvalue weighted by Gasteiger charge is -2.32. The molecule has 0 aliphatic heterocycles. The Labute approximate surface area is 125 Å². The predicted molar refractivity (Wildman–Crippen MR) is 83.9 cm³/mol. The van der Waals surface area contributed by atoms with E-state index in [0.717, 1.165) is 0 Å². The average Bonchev–Trinajstić information content (AvgIpc) is 2.25. The minimum atomic E-state index is 0.0875. The number of hydrogen-bond acceptors (Lipinski definition) is 3. The minimum Gasteiger partial charge on any atom is -0.384 e. The third kappa shape index (κ3) is 7.39. The molecule has 0 bridgehead atoms. The minimum absolute atomic E-state index is 0.0875. The second-order valence-electron chi connectivity index (χ2n) is 7.98. The van der Waals surface area contributed by atoms with Crippen molar-refractivity contribution in [1.29, 1.82) is 0 Å². The Balaban J connectivity index is 4.65. The highest BCUT2D eigenvalue weighted by atomic mass is 16.5. The summed E-state index contributed by atoms with van der Waals surface area (Å²) in [6, 6.07) is 0. The van der Waals surface area contributed by atoms with Crippen LogP contribution in [0.1, 0.15) is 54.4 Å². The maximum atomic E-state index is 12.4. The lowest BCUT2D eigenvalue weighted by Crippen LogP contribution is -2.31. The van der Waals surface area contributed by atoms with Crippen molar-refractivity contribution in [3.63, 3.8) is 0 Å². The van der Waals surface area contributed by atoms with Crippen LogP contribution in [0.4, 0.5) is 0 Å². The number of ketones is 1. The van der Waals surface area contributed by atoms with Crippen LogP contribution in [0.25, 0.3) is 0 Å². The third-order valence-corrected chi connectivity index (χ3v) is 4.13. The second kappa shape index (κ2) is 8.14. The Morgan fingerprint density at radius 2 is 1.10 bits per heavy atom. The highest BCUT2D eigenvalue weighted by molar-refractivity contribution is 5.79. The van der Waals surface area contributed by atoms with Gasteiger partial charge in [0.05, 0.1) is 0 Å². The fourth-order valence-electron chi connectivity index (χ4n) is 2.27. The topological polar surface area (TPSA) is 35.5 Å². The summed E-state index contributed by atoms with van der Waals surface area (Å²) in [6.07, 6.45) is 1.18. The first-order valence-corrected chi connectivity index (χ1v) is 7.52. The van der Waals surface area contributed by atoms with Gasteiger partial charge in [-0.2, -0.15) is 0 Å². The summed E-state index contributed by atoms with van der Waals surface area (Å²) in [7, 11) is 3.40. The number of carbonyl (C=O) groups is 1. The van der Waals surface area contributed by atoms with Crippen LogP contribution < -0.4 is 0 Å². The van der Waals surface area contributed by atoms with E-state index in [0.29, 0.717) is 31.8 Å². The number of hydrogen-bond donors (Lipinski definition) is 0. The molecule has 0 aliphatic carbocycles. The summed E-state index contributed by atoms with van der Waals surface area (Å²) >= 11 is 0. The number of rotatable bonds is 8. The lowest BCUT2D eigenvalue weighted by molar-refractivity contribution is -0.124. The van der Waals surface area contributed by atoms with Crippen LogP contribution >= 0.6 is 0 Å². The number of carbonyl (C=O) groups excluding carboxylic acids is 1. The number of methoxy groups -OCH3 is 2. The van der Waals surface area contributed by atoms with Gasteiger partial charge >= 0.3 is 0 Å². The van der Waals surface area contributed by atoms with Gasteiger partial charge in [0.15, 0.2) is 0 Å². The van der Waals surface area contributed by atoms with Crippen molar-refractivity contribution in [2.75, 3.05) is 27.4 Å². The van der Waals surface area contributed by atoms with Crippen molar-refractivity contribution in [3.8, 4) is 0 Å². The van der Waals surface area contributed by atoms with Gasteiger partial charge in [-0.15, -0.1) is 0 Å². The smallest absolute Gasteiger partial charge is 0.133 e. The molecule has 3 heteroatoms. The summed E-state index contributed by atoms with van der Waals surface area (Å²) in [4.78, 5) is 12.4. The summed E-state index contributed by atoms with van der Waals surface area (Å²) in [6.45, 7) is 14.3. The maximum Gasteiger partial charge on any atom is 0.133 e. The molecule has 2 unspecified atom stereocenters. The van der Waals surface area contributed by atoms with Crippen molar-refractivity contribution in [2.24, 2.45) is 22.7 Å². The molecular weight excluding hydrogens is 252 g/mol. The monoisotopic (exact) mass is 286 g/mol. The van der Waals surface area contributed by atoms with Gasteiger partial charge in [-0.05, 0) is 22.7 Å². The predicted octanol–water partition coefficient (Wildman–Crippen LogP) is 3.95. The van der Waals surface area contributed by atoms with Gasteiger partial charge in [-0.3, -0.25) is 4.79 Å². The highest BCUT2D eigenvalue weighted by Gasteiger charge is 2.31. The van der Waals surface area contributed by atoms with E-state index in [1.165, 1.54) is 0 Å². The van der Waals surface area contributed by atoms with E-state index >= 15 is 0 Å². The molecule has 0 amide bonds. The summed E-state index contributed by atoms with van der Waals surface area (Å²) in [5.74, 6) is 0.852. The molecule has 0 aromatic carbocycles. The number of Topliss-reactive ketones (excluding diaryl/α,β-unsaturated/α-hetero) is 1. The van der Waals surface area contributed by atoms with E-state index in [4.69, 9.17) is 9.47 Å². The Kier molecular flexibility index (Phi) is 7.97. The van der Waals surface area contributed by atoms with Crippen LogP contribution in [-0.4, -0.2) is 33.2 Å². The van der Waals surface area contributed by atoms with Gasteiger partial charge in [-0.1, -0.05) is 41.5 Å². The van der Waals surface area contributed by atoms with Gasteiger partial charge in [0, 0.05) is 40.3 Å². The standard InChI is InChI=1S/C17H34O3/c1-16(2,3)13(11-19-7)9-15(18)10-14(12-20-8)17(4,5)6/h13-14H,9-12H2,1-8H3. The summed E-state index contributed by atoms with van der Waals surface area (Å²) in [5, 5.41) is 0. The normalized spacial score (nSPS) is 16.0. The molecule has 0 fully saturated rings. The molecule has 0 saturated carbocycles. The summed E-state index contributed by atoms with van der Waals surface area (Å²) in [5.41, 5.74) is 0.175. The first kappa shape index (κ1) is 19.6. The highest BCUT2D eigenvalue weighted by Crippen LogP contribution is 2.33. The fraction of sp³-hybridized carbons (Fsp3) is 0.941. The molecule has 0 radical (unpaired) electrons. The van der Waals surface area contributed by atoms with E-state index in [-0.39, 0.29) is 22.7 Å². The van der Waals surface area contributed by atoms with Crippen LogP contribution in [0.15, 0.2) is 0 Å². The zero-order valence-corrected chi connectivity index (χ0v) is 14.7. The van der Waals surface area contributed by atoms with Crippen molar-refractivity contribution in [1.82, 2.24) is 0 Å². The lowest BCUT2D eigenvalue weighted by atomic mass is 9.74. The second-order valence-corrected chi connectivity index (χ2v) is 7.98. The van der Waals surface area contributed by atoms with Crippen molar-refractivity contribution in [2.45, 2.75) is 54.4 Å². The largest absolute Gasteiger partial charge is 0.384 e.